The molecule has 3 aromatic rings. The van der Waals surface area contributed by atoms with Crippen molar-refractivity contribution >= 4 is 21.7 Å². The first-order valence-corrected chi connectivity index (χ1v) is 12.9. The Kier molecular flexibility index (Phi) is 6.67. The molecule has 1 saturated carbocycles. The first kappa shape index (κ1) is 24.1. The zero-order valence-corrected chi connectivity index (χ0v) is 19.9. The summed E-state index contributed by atoms with van der Waals surface area (Å²) in [6, 6.07) is 18.0. The van der Waals surface area contributed by atoms with Crippen LogP contribution < -0.4 is 10.6 Å². The Morgan fingerprint density at radius 1 is 1.09 bits per heavy atom. The van der Waals surface area contributed by atoms with E-state index in [1.54, 1.807) is 60.9 Å². The number of amides is 2. The van der Waals surface area contributed by atoms with Crippen molar-refractivity contribution in [3.05, 3.63) is 84.2 Å². The summed E-state index contributed by atoms with van der Waals surface area (Å²) < 4.78 is 23.9. The Hall–Kier alpha value is -4.03. The van der Waals surface area contributed by atoms with Gasteiger partial charge in [-0.05, 0) is 59.9 Å². The monoisotopic (exact) mass is 488 g/mol. The summed E-state index contributed by atoms with van der Waals surface area (Å²) in [6.45, 7) is 0. The molecule has 1 fully saturated rings. The molecule has 2 amide bonds. The molecule has 1 aliphatic rings. The highest BCUT2D eigenvalue weighted by Crippen LogP contribution is 2.34. The Balaban J connectivity index is 1.57. The number of hydrogen-bond acceptors (Lipinski definition) is 6. The number of sulfone groups is 1. The van der Waals surface area contributed by atoms with Crippen molar-refractivity contribution in [2.45, 2.75) is 35.7 Å². The van der Waals surface area contributed by atoms with E-state index in [2.05, 4.69) is 21.7 Å². The lowest BCUT2D eigenvalue weighted by Gasteiger charge is -2.20. The zero-order chi connectivity index (χ0) is 25.1. The van der Waals surface area contributed by atoms with E-state index in [1.165, 1.54) is 6.07 Å². The smallest absolute Gasteiger partial charge is 0.251 e. The van der Waals surface area contributed by atoms with Gasteiger partial charge in [0.2, 0.25) is 5.91 Å². The molecule has 1 heterocycles. The summed E-state index contributed by atoms with van der Waals surface area (Å²) in [6.07, 6.45) is 5.76. The fourth-order valence-electron chi connectivity index (χ4n) is 3.66. The Bertz CT molecular complexity index is 1410. The van der Waals surface area contributed by atoms with Gasteiger partial charge in [-0.1, -0.05) is 30.3 Å². The van der Waals surface area contributed by atoms with Crippen molar-refractivity contribution in [1.29, 1.82) is 5.26 Å². The SMILES string of the molecule is CS(=O)(=O)c1cccc(-c2cccc(C(=O)N[C@@H](Cc3cccnc3)C(=O)NC3(C#N)CC3)c2)c1. The second-order valence-corrected chi connectivity index (χ2v) is 10.7. The summed E-state index contributed by atoms with van der Waals surface area (Å²) in [5, 5.41) is 14.9. The molecule has 0 unspecified atom stereocenters. The van der Waals surface area contributed by atoms with Gasteiger partial charge in [-0.25, -0.2) is 8.42 Å². The van der Waals surface area contributed by atoms with Gasteiger partial charge in [0.25, 0.3) is 5.91 Å². The highest BCUT2D eigenvalue weighted by Gasteiger charge is 2.45. The van der Waals surface area contributed by atoms with Crippen LogP contribution in [0.2, 0.25) is 0 Å². The molecule has 1 atom stereocenters. The number of carbonyl (C=O) groups excluding carboxylic acids is 2. The van der Waals surface area contributed by atoms with Crippen LogP contribution in [0.25, 0.3) is 11.1 Å². The lowest BCUT2D eigenvalue weighted by Crippen LogP contribution is -2.51. The molecule has 2 aromatic carbocycles. The number of hydrogen-bond donors (Lipinski definition) is 2. The van der Waals surface area contributed by atoms with Crippen molar-refractivity contribution in [1.82, 2.24) is 15.6 Å². The largest absolute Gasteiger partial charge is 0.340 e. The van der Waals surface area contributed by atoms with E-state index >= 15 is 0 Å². The van der Waals surface area contributed by atoms with Gasteiger partial charge in [-0.3, -0.25) is 14.6 Å². The number of rotatable bonds is 8. The third-order valence-electron chi connectivity index (χ3n) is 5.83. The average Bonchev–Trinajstić information content (AvgIpc) is 3.63. The summed E-state index contributed by atoms with van der Waals surface area (Å²) in [5.74, 6) is -0.893. The number of carbonyl (C=O) groups is 2. The predicted octanol–water partition coefficient (Wildman–Crippen LogP) is 2.67. The van der Waals surface area contributed by atoms with Crippen molar-refractivity contribution in [2.75, 3.05) is 6.26 Å². The van der Waals surface area contributed by atoms with Crippen LogP contribution >= 0.6 is 0 Å². The number of aromatic nitrogens is 1. The molecule has 1 aromatic heterocycles. The van der Waals surface area contributed by atoms with Crippen molar-refractivity contribution < 1.29 is 18.0 Å². The molecule has 35 heavy (non-hydrogen) atoms. The molecule has 2 N–H and O–H groups in total. The molecule has 0 radical (unpaired) electrons. The van der Waals surface area contributed by atoms with Crippen LogP contribution in [0.4, 0.5) is 0 Å². The molecule has 8 nitrogen and oxygen atoms in total. The number of nitrogens with one attached hydrogen (secondary N) is 2. The van der Waals surface area contributed by atoms with Crippen LogP contribution in [0, 0.1) is 11.3 Å². The molecule has 9 heteroatoms. The average molecular weight is 489 g/mol. The maximum absolute atomic E-state index is 13.1. The van der Waals surface area contributed by atoms with E-state index in [-0.39, 0.29) is 11.3 Å². The Labute approximate surface area is 203 Å². The minimum absolute atomic E-state index is 0.185. The van der Waals surface area contributed by atoms with Crippen LogP contribution in [0.15, 0.2) is 78.0 Å². The topological polar surface area (TPSA) is 129 Å². The van der Waals surface area contributed by atoms with E-state index in [4.69, 9.17) is 0 Å². The molecule has 1 aliphatic carbocycles. The molecule has 178 valence electrons. The molecule has 0 saturated heterocycles. The van der Waals surface area contributed by atoms with Crippen LogP contribution in [0.1, 0.15) is 28.8 Å². The van der Waals surface area contributed by atoms with E-state index in [0.29, 0.717) is 29.5 Å². The minimum atomic E-state index is -3.38. The fraction of sp³-hybridized carbons (Fsp3) is 0.231. The van der Waals surface area contributed by atoms with Gasteiger partial charge in [0, 0.05) is 30.6 Å². The first-order chi connectivity index (χ1) is 16.7. The summed E-state index contributed by atoms with van der Waals surface area (Å²) in [4.78, 5) is 30.4. The standard InChI is InChI=1S/C26H24N4O4S/c1-35(33,34)22-9-3-7-20(15-22)19-6-2-8-21(14-19)24(31)29-23(13-18-5-4-12-28-16-18)25(32)30-26(17-27)10-11-26/h2-9,12,14-16,23H,10-11,13H2,1H3,(H,29,31)(H,30,32)/t23-/m0/s1. The third kappa shape index (κ3) is 5.91. The highest BCUT2D eigenvalue weighted by atomic mass is 32.2. The first-order valence-electron chi connectivity index (χ1n) is 11.0. The second-order valence-electron chi connectivity index (χ2n) is 8.66. The van der Waals surface area contributed by atoms with Gasteiger partial charge in [-0.2, -0.15) is 5.26 Å². The van der Waals surface area contributed by atoms with Crippen molar-refractivity contribution in [3.63, 3.8) is 0 Å². The van der Waals surface area contributed by atoms with Crippen LogP contribution in [0.3, 0.4) is 0 Å². The quantitative estimate of drug-likeness (QED) is 0.502. The van der Waals surface area contributed by atoms with E-state index < -0.39 is 33.2 Å². The van der Waals surface area contributed by atoms with E-state index in [0.717, 1.165) is 11.8 Å². The fourth-order valence-corrected chi connectivity index (χ4v) is 4.33. The summed E-state index contributed by atoms with van der Waals surface area (Å²) in [7, 11) is -3.38. The zero-order valence-electron chi connectivity index (χ0n) is 19.1. The number of nitriles is 1. The number of nitrogens with zero attached hydrogens (tertiary/aromatic N) is 2. The Morgan fingerprint density at radius 2 is 1.80 bits per heavy atom. The maximum atomic E-state index is 13.1. The molecule has 4 rings (SSSR count). The molecule has 0 spiro atoms. The van der Waals surface area contributed by atoms with Gasteiger partial charge >= 0.3 is 0 Å². The third-order valence-corrected chi connectivity index (χ3v) is 6.94. The van der Waals surface area contributed by atoms with Gasteiger partial charge in [0.1, 0.15) is 11.6 Å². The summed E-state index contributed by atoms with van der Waals surface area (Å²) in [5.41, 5.74) is 1.54. The Morgan fingerprint density at radius 3 is 2.43 bits per heavy atom. The number of benzene rings is 2. The lowest BCUT2D eigenvalue weighted by atomic mass is 10.0. The van der Waals surface area contributed by atoms with Crippen molar-refractivity contribution in [3.8, 4) is 17.2 Å². The molecule has 0 bridgehead atoms. The van der Waals surface area contributed by atoms with Crippen LogP contribution in [0.5, 0.6) is 0 Å². The molecular weight excluding hydrogens is 464 g/mol. The normalized spacial score (nSPS) is 14.9. The van der Waals surface area contributed by atoms with Crippen LogP contribution in [-0.2, 0) is 21.1 Å². The highest BCUT2D eigenvalue weighted by molar-refractivity contribution is 7.90. The predicted molar refractivity (Wildman–Crippen MR) is 130 cm³/mol. The van der Waals surface area contributed by atoms with Gasteiger partial charge in [-0.15, -0.1) is 0 Å². The lowest BCUT2D eigenvalue weighted by molar-refractivity contribution is -0.123. The van der Waals surface area contributed by atoms with Crippen molar-refractivity contribution in [2.24, 2.45) is 0 Å². The summed E-state index contributed by atoms with van der Waals surface area (Å²) >= 11 is 0. The van der Waals surface area contributed by atoms with Gasteiger partial charge in [0.05, 0.1) is 11.0 Å². The van der Waals surface area contributed by atoms with Gasteiger partial charge < -0.3 is 10.6 Å². The van der Waals surface area contributed by atoms with Gasteiger partial charge in [0.15, 0.2) is 9.84 Å². The molecule has 0 aliphatic heterocycles. The van der Waals surface area contributed by atoms with E-state index in [9.17, 15) is 23.3 Å². The van der Waals surface area contributed by atoms with Crippen LogP contribution in [-0.4, -0.2) is 43.1 Å². The number of pyridine rings is 1. The maximum Gasteiger partial charge on any atom is 0.251 e. The molecular formula is C26H24N4O4S. The second kappa shape index (κ2) is 9.68. The minimum Gasteiger partial charge on any atom is -0.340 e. The van der Waals surface area contributed by atoms with E-state index in [1.807, 2.05) is 6.07 Å².